The van der Waals surface area contributed by atoms with Gasteiger partial charge in [0.2, 0.25) is 11.0 Å². The molecule has 240 valence electrons. The van der Waals surface area contributed by atoms with E-state index in [-0.39, 0.29) is 20.6 Å². The number of carboxylic acids is 2. The van der Waals surface area contributed by atoms with Crippen molar-refractivity contribution in [2.75, 3.05) is 12.3 Å². The lowest BCUT2D eigenvalue weighted by atomic mass is 10.1. The zero-order valence-corrected chi connectivity index (χ0v) is 23.8. The Morgan fingerprint density at radius 2 is 1.89 bits per heavy atom. The van der Waals surface area contributed by atoms with Gasteiger partial charge in [-0.25, -0.2) is 19.4 Å². The van der Waals surface area contributed by atoms with Crippen LogP contribution in [0.3, 0.4) is 0 Å². The van der Waals surface area contributed by atoms with Gasteiger partial charge in [-0.05, 0) is 13.8 Å². The minimum atomic E-state index is -2.84. The number of carbonyl (C=O) groups is 6. The molecule has 2 aliphatic heterocycles. The number of nitrogens with one attached hydrogen (secondary N) is 2. The highest BCUT2D eigenvalue weighted by molar-refractivity contribution is 7.13. The summed E-state index contributed by atoms with van der Waals surface area (Å²) in [5.41, 5.74) is -1.64. The highest BCUT2D eigenvalue weighted by Gasteiger charge is 2.62. The largest absolute Gasteiger partial charge is 0.503 e. The van der Waals surface area contributed by atoms with Gasteiger partial charge in [-0.15, -0.1) is 11.3 Å². The number of hydrogen-bond donors (Lipinski definition) is 7. The van der Waals surface area contributed by atoms with E-state index in [4.69, 9.17) is 20.1 Å². The number of carbonyl (C=O) groups excluding carboxylic acids is 4. The highest BCUT2D eigenvalue weighted by Crippen LogP contribution is 2.34. The van der Waals surface area contributed by atoms with Gasteiger partial charge >= 0.3 is 23.6 Å². The lowest BCUT2D eigenvalue weighted by Gasteiger charge is -2.30. The molecule has 2 aromatic rings. The number of carboxylic acid groups (broad SMARTS) is 2. The van der Waals surface area contributed by atoms with Crippen LogP contribution in [0.15, 0.2) is 27.6 Å². The van der Waals surface area contributed by atoms with E-state index in [1.807, 2.05) is 0 Å². The first-order valence-corrected chi connectivity index (χ1v) is 13.3. The fourth-order valence-corrected chi connectivity index (χ4v) is 4.39. The Hall–Kier alpha value is -5.77. The molecule has 8 N–H and O–H groups in total. The molecule has 22 heteroatoms. The van der Waals surface area contributed by atoms with E-state index in [1.165, 1.54) is 5.38 Å². The predicted molar refractivity (Wildman–Crippen MR) is 142 cm³/mol. The van der Waals surface area contributed by atoms with E-state index < -0.39 is 94.7 Å². The van der Waals surface area contributed by atoms with E-state index >= 15 is 0 Å². The molecule has 1 unspecified atom stereocenters. The van der Waals surface area contributed by atoms with E-state index in [1.54, 1.807) is 0 Å². The molecule has 2 saturated heterocycles. The van der Waals surface area contributed by atoms with Gasteiger partial charge in [0.25, 0.3) is 17.7 Å². The first-order valence-electron chi connectivity index (χ1n) is 12.4. The quantitative estimate of drug-likeness (QED) is 0.0589. The molecule has 45 heavy (non-hydrogen) atoms. The summed E-state index contributed by atoms with van der Waals surface area (Å²) in [7, 11) is 0. The number of thiazole rings is 1. The van der Waals surface area contributed by atoms with Crippen LogP contribution in [0.4, 0.5) is 5.13 Å². The van der Waals surface area contributed by atoms with Gasteiger partial charge in [-0.1, -0.05) is 5.16 Å². The molecular formula is C23H23N7O14S. The summed E-state index contributed by atoms with van der Waals surface area (Å²) in [5, 5.41) is 47.8. The molecule has 3 amide bonds. The second-order valence-electron chi connectivity index (χ2n) is 9.87. The van der Waals surface area contributed by atoms with Crippen LogP contribution < -0.4 is 21.8 Å². The minimum absolute atomic E-state index is 0.00947. The molecular weight excluding hydrogens is 630 g/mol. The van der Waals surface area contributed by atoms with Crippen molar-refractivity contribution in [3.63, 3.8) is 0 Å². The van der Waals surface area contributed by atoms with E-state index in [0.717, 1.165) is 25.2 Å². The fraction of sp³-hybridized carbons (Fsp3) is 0.348. The van der Waals surface area contributed by atoms with Crippen molar-refractivity contribution >= 4 is 57.8 Å². The lowest BCUT2D eigenvalue weighted by molar-refractivity contribution is -0.256. The normalized spacial score (nSPS) is 21.7. The molecule has 0 radical (unpaired) electrons. The zero-order valence-electron chi connectivity index (χ0n) is 22.9. The van der Waals surface area contributed by atoms with Crippen molar-refractivity contribution in [1.82, 2.24) is 25.4 Å². The number of oxime groups is 1. The van der Waals surface area contributed by atoms with Gasteiger partial charge in [0.15, 0.2) is 16.6 Å². The van der Waals surface area contributed by atoms with Crippen LogP contribution in [0, 0.1) is 0 Å². The summed E-state index contributed by atoms with van der Waals surface area (Å²) in [4.78, 5) is 101. The number of nitrogens with zero attached hydrogens (tertiary/aromatic N) is 4. The molecule has 0 aliphatic carbocycles. The van der Waals surface area contributed by atoms with Crippen molar-refractivity contribution in [2.45, 2.75) is 43.7 Å². The minimum Gasteiger partial charge on any atom is -0.503 e. The first kappa shape index (κ1) is 32.2. The van der Waals surface area contributed by atoms with Crippen molar-refractivity contribution in [3.05, 3.63) is 39.3 Å². The zero-order chi connectivity index (χ0) is 33.4. The second kappa shape index (κ2) is 11.7. The van der Waals surface area contributed by atoms with Crippen molar-refractivity contribution < 1.29 is 63.7 Å². The van der Waals surface area contributed by atoms with E-state index in [2.05, 4.69) is 20.8 Å². The lowest BCUT2D eigenvalue weighted by Crippen LogP contribution is -2.57. The number of aromatic nitrogens is 2. The number of pyridine rings is 1. The smallest absolute Gasteiger partial charge is 0.372 e. The van der Waals surface area contributed by atoms with Gasteiger partial charge in [0.1, 0.15) is 30.1 Å². The summed E-state index contributed by atoms with van der Waals surface area (Å²) in [5.74, 6) is -9.15. The standard InChI is InChI=1S/C23H23N7O14S/c1-22(2,19(37)38)44-28-14(10-7-45-21(24)27-10)16(34)26-9-6-42-30(17(9)35)23(20(39)40)4-8(18(36)43-23)25-15(33)11-3-12(31)13(32)5-29(11)41/h3,5,7-9,32,41H,4,6H2,1-2H3,(H2,24,27)(H,25,33)(H,26,34)(H,37,38)(H,39,40)/b28-14-/t8-,9+,23?/m1/s1. The number of anilines is 1. The molecule has 2 aliphatic rings. The summed E-state index contributed by atoms with van der Waals surface area (Å²) >= 11 is 0.907. The van der Waals surface area contributed by atoms with Crippen LogP contribution in [-0.4, -0.2) is 107 Å². The van der Waals surface area contributed by atoms with Crippen LogP contribution in [0.25, 0.3) is 0 Å². The SMILES string of the molecule is CC(C)(O/N=C(\C(=O)N[C@H]1CON(C2(C(=O)O)C[C@@H](NC(=O)c3cc(=O)c(O)cn3O)C(=O)O2)C1=O)c1csc(N)n1)C(=O)O. The molecule has 2 fully saturated rings. The van der Waals surface area contributed by atoms with Gasteiger partial charge in [0, 0.05) is 11.4 Å². The third kappa shape index (κ3) is 6.16. The molecule has 0 aromatic carbocycles. The number of rotatable bonds is 10. The third-order valence-electron chi connectivity index (χ3n) is 6.28. The molecule has 4 heterocycles. The summed E-state index contributed by atoms with van der Waals surface area (Å²) in [6, 6.07) is -2.80. The number of nitrogens with two attached hydrogens (primary N) is 1. The number of aliphatic carboxylic acids is 2. The van der Waals surface area contributed by atoms with Gasteiger partial charge in [-0.2, -0.15) is 9.79 Å². The number of cyclic esters (lactones) is 1. The molecule has 21 nitrogen and oxygen atoms in total. The Morgan fingerprint density at radius 1 is 1.20 bits per heavy atom. The number of hydroxylamine groups is 2. The maximum atomic E-state index is 13.2. The summed E-state index contributed by atoms with van der Waals surface area (Å²) in [6.07, 6.45) is -0.411. The number of hydrogen-bond acceptors (Lipinski definition) is 16. The maximum absolute atomic E-state index is 13.2. The number of ether oxygens (including phenoxy) is 1. The van der Waals surface area contributed by atoms with Crippen LogP contribution in [0.5, 0.6) is 5.75 Å². The van der Waals surface area contributed by atoms with Crippen LogP contribution in [0.2, 0.25) is 0 Å². The topological polar surface area (TPSA) is 312 Å². The fourth-order valence-electron chi connectivity index (χ4n) is 3.84. The Labute approximate surface area is 253 Å². The average molecular weight is 654 g/mol. The van der Waals surface area contributed by atoms with Crippen LogP contribution in [0.1, 0.15) is 36.5 Å². The molecule has 0 bridgehead atoms. The van der Waals surface area contributed by atoms with Crippen molar-refractivity contribution in [2.24, 2.45) is 5.16 Å². The maximum Gasteiger partial charge on any atom is 0.372 e. The number of esters is 1. The third-order valence-corrected chi connectivity index (χ3v) is 6.95. The first-order chi connectivity index (χ1) is 21.0. The molecule has 4 rings (SSSR count). The summed E-state index contributed by atoms with van der Waals surface area (Å²) in [6.45, 7) is 1.62. The predicted octanol–water partition coefficient (Wildman–Crippen LogP) is -2.80. The van der Waals surface area contributed by atoms with Gasteiger partial charge in [0.05, 0.1) is 12.6 Å². The van der Waals surface area contributed by atoms with Crippen LogP contribution in [-0.2, 0) is 38.4 Å². The van der Waals surface area contributed by atoms with Crippen molar-refractivity contribution in [1.29, 1.82) is 0 Å². The Kier molecular flexibility index (Phi) is 8.38. The molecule has 0 spiro atoms. The van der Waals surface area contributed by atoms with Crippen LogP contribution >= 0.6 is 11.3 Å². The average Bonchev–Trinajstić information content (AvgIpc) is 3.63. The molecule has 0 saturated carbocycles. The highest BCUT2D eigenvalue weighted by atomic mass is 32.1. The monoisotopic (exact) mass is 653 g/mol. The molecule has 3 atom stereocenters. The number of amides is 3. The Balaban J connectivity index is 1.53. The van der Waals surface area contributed by atoms with E-state index in [0.29, 0.717) is 12.3 Å². The van der Waals surface area contributed by atoms with Gasteiger partial charge < -0.3 is 46.5 Å². The summed E-state index contributed by atoms with van der Waals surface area (Å²) < 4.78 is 5.07. The van der Waals surface area contributed by atoms with Crippen molar-refractivity contribution in [3.8, 4) is 5.75 Å². The number of nitrogen functional groups attached to an aromatic ring is 1. The van der Waals surface area contributed by atoms with Gasteiger partial charge in [-0.3, -0.25) is 24.0 Å². The second-order valence-corrected chi connectivity index (χ2v) is 10.8. The molecule has 2 aromatic heterocycles. The Morgan fingerprint density at radius 3 is 2.49 bits per heavy atom. The Bertz CT molecular complexity index is 1700. The number of aromatic hydroxyl groups is 1. The van der Waals surface area contributed by atoms with E-state index in [9.17, 15) is 54.1 Å².